The Kier molecular flexibility index (Phi) is 2.91. The Hall–Kier alpha value is -1.07. The van der Waals surface area contributed by atoms with E-state index in [4.69, 9.17) is 5.73 Å². The first-order valence-corrected chi connectivity index (χ1v) is 7.52. The number of rotatable bonds is 3. The summed E-state index contributed by atoms with van der Waals surface area (Å²) in [5, 5.41) is 9.79. The lowest BCUT2D eigenvalue weighted by molar-refractivity contribution is 0.246. The van der Waals surface area contributed by atoms with Crippen LogP contribution in [0.25, 0.3) is 0 Å². The summed E-state index contributed by atoms with van der Waals surface area (Å²) in [4.78, 5) is 0.0464. The Labute approximate surface area is 101 Å². The van der Waals surface area contributed by atoms with Crippen LogP contribution in [0.2, 0.25) is 0 Å². The molecule has 0 heterocycles. The zero-order valence-electron chi connectivity index (χ0n) is 9.81. The Morgan fingerprint density at radius 2 is 2.06 bits per heavy atom. The fourth-order valence-corrected chi connectivity index (χ4v) is 3.65. The van der Waals surface area contributed by atoms with Crippen molar-refractivity contribution in [2.45, 2.75) is 29.6 Å². The first-order chi connectivity index (χ1) is 7.91. The molecule has 1 saturated carbocycles. The topological polar surface area (TPSA) is 80.4 Å². The molecular formula is C12H17NO3S. The number of nitrogens with two attached hydrogens (primary N) is 1. The maximum absolute atomic E-state index is 11.8. The van der Waals surface area contributed by atoms with Crippen LogP contribution in [0.5, 0.6) is 5.75 Å². The second-order valence-corrected chi connectivity index (χ2v) is 6.72. The number of hydrogen-bond acceptors (Lipinski definition) is 4. The highest BCUT2D eigenvalue weighted by molar-refractivity contribution is 7.90. The van der Waals surface area contributed by atoms with Crippen molar-refractivity contribution in [3.05, 3.63) is 23.8 Å². The van der Waals surface area contributed by atoms with E-state index < -0.39 is 9.84 Å². The number of hydrogen-bond donors (Lipinski definition) is 2. The van der Waals surface area contributed by atoms with Gasteiger partial charge in [0.1, 0.15) is 10.6 Å². The summed E-state index contributed by atoms with van der Waals surface area (Å²) in [7, 11) is -3.44. The monoisotopic (exact) mass is 255 g/mol. The molecular weight excluding hydrogens is 238 g/mol. The molecule has 0 spiro atoms. The fourth-order valence-electron chi connectivity index (χ4n) is 2.52. The van der Waals surface area contributed by atoms with Crippen molar-refractivity contribution >= 4 is 9.84 Å². The molecule has 3 N–H and O–H groups in total. The van der Waals surface area contributed by atoms with Crippen LogP contribution in [-0.2, 0) is 15.3 Å². The van der Waals surface area contributed by atoms with Gasteiger partial charge in [0, 0.05) is 18.2 Å². The zero-order valence-corrected chi connectivity index (χ0v) is 10.6. The molecule has 1 aliphatic carbocycles. The van der Waals surface area contributed by atoms with E-state index in [0.717, 1.165) is 25.5 Å². The minimum absolute atomic E-state index is 0.0464. The summed E-state index contributed by atoms with van der Waals surface area (Å²) in [6, 6.07) is 4.85. The van der Waals surface area contributed by atoms with Crippen LogP contribution in [0.3, 0.4) is 0 Å². The van der Waals surface area contributed by atoms with Gasteiger partial charge in [-0.3, -0.25) is 0 Å². The van der Waals surface area contributed by atoms with Gasteiger partial charge < -0.3 is 10.8 Å². The Bertz CT molecular complexity index is 527. The van der Waals surface area contributed by atoms with Gasteiger partial charge in [0.15, 0.2) is 9.84 Å². The number of sulfone groups is 1. The van der Waals surface area contributed by atoms with E-state index in [0.29, 0.717) is 12.1 Å². The van der Waals surface area contributed by atoms with Crippen LogP contribution in [0.4, 0.5) is 0 Å². The second kappa shape index (κ2) is 3.99. The predicted octanol–water partition coefficient (Wildman–Crippen LogP) is 1.18. The second-order valence-electron chi connectivity index (χ2n) is 4.76. The smallest absolute Gasteiger partial charge is 0.179 e. The molecule has 94 valence electrons. The van der Waals surface area contributed by atoms with Crippen LogP contribution in [0, 0.1) is 0 Å². The highest BCUT2D eigenvalue weighted by Gasteiger charge is 2.41. The Morgan fingerprint density at radius 3 is 2.47 bits per heavy atom. The van der Waals surface area contributed by atoms with E-state index >= 15 is 0 Å². The summed E-state index contributed by atoms with van der Waals surface area (Å²) >= 11 is 0. The molecule has 0 atom stereocenters. The van der Waals surface area contributed by atoms with Gasteiger partial charge in [0.25, 0.3) is 0 Å². The van der Waals surface area contributed by atoms with Crippen LogP contribution in [0.1, 0.15) is 24.8 Å². The number of aromatic hydroxyl groups is 1. The SMILES string of the molecule is CS(=O)(=O)c1c(O)cccc1C1(CN)CCC1. The third kappa shape index (κ3) is 1.93. The summed E-state index contributed by atoms with van der Waals surface area (Å²) in [6.07, 6.45) is 3.94. The quantitative estimate of drug-likeness (QED) is 0.849. The summed E-state index contributed by atoms with van der Waals surface area (Å²) in [5.41, 5.74) is 6.19. The van der Waals surface area contributed by atoms with Crippen molar-refractivity contribution in [2.24, 2.45) is 5.73 Å². The Balaban J connectivity index is 2.66. The Morgan fingerprint density at radius 1 is 1.41 bits per heavy atom. The van der Waals surface area contributed by atoms with Gasteiger partial charge in [-0.2, -0.15) is 0 Å². The largest absolute Gasteiger partial charge is 0.507 e. The normalized spacial score (nSPS) is 18.7. The highest BCUT2D eigenvalue weighted by Crippen LogP contribution is 2.46. The van der Waals surface area contributed by atoms with Crippen molar-refractivity contribution < 1.29 is 13.5 Å². The van der Waals surface area contributed by atoms with E-state index in [1.165, 1.54) is 6.07 Å². The molecule has 1 fully saturated rings. The lowest BCUT2D eigenvalue weighted by Crippen LogP contribution is -2.42. The van der Waals surface area contributed by atoms with E-state index in [1.54, 1.807) is 12.1 Å². The number of phenolic OH excluding ortho intramolecular Hbond substituents is 1. The number of phenols is 1. The zero-order chi connectivity index (χ0) is 12.7. The van der Waals surface area contributed by atoms with Crippen LogP contribution < -0.4 is 5.73 Å². The molecule has 0 aliphatic heterocycles. The molecule has 5 heteroatoms. The van der Waals surface area contributed by atoms with E-state index in [-0.39, 0.29) is 16.1 Å². The van der Waals surface area contributed by atoms with Gasteiger partial charge in [-0.15, -0.1) is 0 Å². The molecule has 17 heavy (non-hydrogen) atoms. The standard InChI is InChI=1S/C12H17NO3S/c1-17(15,16)11-9(4-2-5-10(11)14)12(8-13)6-3-7-12/h2,4-5,14H,3,6-8,13H2,1H3. The van der Waals surface area contributed by atoms with Gasteiger partial charge in [0.05, 0.1) is 0 Å². The molecule has 4 nitrogen and oxygen atoms in total. The van der Waals surface area contributed by atoms with E-state index in [2.05, 4.69) is 0 Å². The van der Waals surface area contributed by atoms with Gasteiger partial charge in [0.2, 0.25) is 0 Å². The molecule has 1 aromatic carbocycles. The van der Waals surface area contributed by atoms with Crippen LogP contribution in [0.15, 0.2) is 23.1 Å². The summed E-state index contributed by atoms with van der Waals surface area (Å²) in [5.74, 6) is -0.176. The third-order valence-corrected chi connectivity index (χ3v) is 4.81. The van der Waals surface area contributed by atoms with Crippen molar-refractivity contribution in [2.75, 3.05) is 12.8 Å². The highest BCUT2D eigenvalue weighted by atomic mass is 32.2. The lowest BCUT2D eigenvalue weighted by atomic mass is 9.64. The minimum atomic E-state index is -3.44. The fraction of sp³-hybridized carbons (Fsp3) is 0.500. The predicted molar refractivity (Wildman–Crippen MR) is 65.8 cm³/mol. The molecule has 1 aliphatic rings. The van der Waals surface area contributed by atoms with Gasteiger partial charge >= 0.3 is 0 Å². The molecule has 0 unspecified atom stereocenters. The third-order valence-electron chi connectivity index (χ3n) is 3.64. The minimum Gasteiger partial charge on any atom is -0.507 e. The average Bonchev–Trinajstić information content (AvgIpc) is 2.14. The van der Waals surface area contributed by atoms with Crippen LogP contribution in [-0.4, -0.2) is 26.3 Å². The molecule has 0 saturated heterocycles. The molecule has 0 radical (unpaired) electrons. The first kappa shape index (κ1) is 12.4. The van der Waals surface area contributed by atoms with Crippen LogP contribution >= 0.6 is 0 Å². The first-order valence-electron chi connectivity index (χ1n) is 5.63. The van der Waals surface area contributed by atoms with E-state index in [1.807, 2.05) is 0 Å². The molecule has 0 aromatic heterocycles. The molecule has 2 rings (SSSR count). The molecule has 0 amide bonds. The van der Waals surface area contributed by atoms with Crippen molar-refractivity contribution in [1.82, 2.24) is 0 Å². The number of benzene rings is 1. The average molecular weight is 255 g/mol. The van der Waals surface area contributed by atoms with E-state index in [9.17, 15) is 13.5 Å². The summed E-state index contributed by atoms with van der Waals surface area (Å²) in [6.45, 7) is 0.416. The maximum atomic E-state index is 11.8. The van der Waals surface area contributed by atoms with Gasteiger partial charge in [-0.25, -0.2) is 8.42 Å². The lowest BCUT2D eigenvalue weighted by Gasteiger charge is -2.42. The molecule has 0 bridgehead atoms. The van der Waals surface area contributed by atoms with Gasteiger partial charge in [-0.1, -0.05) is 18.6 Å². The molecule has 1 aromatic rings. The maximum Gasteiger partial charge on any atom is 0.179 e. The van der Waals surface area contributed by atoms with Gasteiger partial charge in [-0.05, 0) is 24.5 Å². The van der Waals surface area contributed by atoms with Crippen molar-refractivity contribution in [3.63, 3.8) is 0 Å². The van der Waals surface area contributed by atoms with Crippen molar-refractivity contribution in [1.29, 1.82) is 0 Å². The summed E-state index contributed by atoms with van der Waals surface area (Å²) < 4.78 is 23.6. The van der Waals surface area contributed by atoms with Crippen molar-refractivity contribution in [3.8, 4) is 5.75 Å².